The number of cyclic esters (lactones) is 1. The quantitative estimate of drug-likeness (QED) is 0.167. The number of esters is 2. The van der Waals surface area contributed by atoms with Crippen LogP contribution < -0.4 is 9.47 Å². The number of carbonyl (C=O) groups excluding carboxylic acids is 2. The first-order valence-electron chi connectivity index (χ1n) is 10.3. The highest BCUT2D eigenvalue weighted by molar-refractivity contribution is 6.12. The summed E-state index contributed by atoms with van der Waals surface area (Å²) in [6.07, 6.45) is 1.53. The van der Waals surface area contributed by atoms with E-state index in [-0.39, 0.29) is 34.3 Å². The van der Waals surface area contributed by atoms with Gasteiger partial charge in [-0.15, -0.1) is 0 Å². The summed E-state index contributed by atoms with van der Waals surface area (Å²) in [4.78, 5) is 39.4. The smallest absolute Gasteiger partial charge is 0.363 e. The molecule has 1 aliphatic heterocycles. The van der Waals surface area contributed by atoms with Crippen molar-refractivity contribution in [3.8, 4) is 11.5 Å². The van der Waals surface area contributed by atoms with Crippen molar-refractivity contribution in [2.45, 2.75) is 6.92 Å². The Balaban J connectivity index is 1.59. The van der Waals surface area contributed by atoms with E-state index < -0.39 is 16.9 Å². The monoisotopic (exact) mass is 458 g/mol. The molecule has 3 aromatic rings. The molecule has 9 nitrogen and oxygen atoms in total. The molecule has 0 radical (unpaired) electrons. The average molecular weight is 458 g/mol. The molecule has 0 aromatic heterocycles. The minimum absolute atomic E-state index is 0.0272. The first-order valence-corrected chi connectivity index (χ1v) is 10.3. The normalized spacial score (nSPS) is 13.9. The van der Waals surface area contributed by atoms with Crippen LogP contribution in [-0.4, -0.2) is 29.4 Å². The number of nitro groups is 1. The second kappa shape index (κ2) is 9.78. The Kier molecular flexibility index (Phi) is 6.45. The highest BCUT2D eigenvalue weighted by Crippen LogP contribution is 2.31. The summed E-state index contributed by atoms with van der Waals surface area (Å²) >= 11 is 0. The number of hydrogen-bond donors (Lipinski definition) is 0. The topological polar surface area (TPSA) is 117 Å². The van der Waals surface area contributed by atoms with Crippen LogP contribution in [0.1, 0.15) is 28.4 Å². The Morgan fingerprint density at radius 1 is 1.06 bits per heavy atom. The van der Waals surface area contributed by atoms with Gasteiger partial charge in [-0.2, -0.15) is 0 Å². The predicted molar refractivity (Wildman–Crippen MR) is 123 cm³/mol. The first-order chi connectivity index (χ1) is 16.4. The van der Waals surface area contributed by atoms with Gasteiger partial charge in [-0.05, 0) is 48.9 Å². The van der Waals surface area contributed by atoms with Crippen LogP contribution in [0.3, 0.4) is 0 Å². The SMILES string of the molecule is CCOc1cc(/C=C2/N=C(c3ccccc3)OC2=O)ccc1OC(=O)c1cccc([N+](=O)[O-])c1. The molecular weight excluding hydrogens is 440 g/mol. The Labute approximate surface area is 194 Å². The highest BCUT2D eigenvalue weighted by atomic mass is 16.6. The van der Waals surface area contributed by atoms with Crippen LogP contribution in [0.4, 0.5) is 5.69 Å². The Morgan fingerprint density at radius 2 is 1.85 bits per heavy atom. The molecule has 0 aliphatic carbocycles. The van der Waals surface area contributed by atoms with E-state index in [1.54, 1.807) is 31.2 Å². The number of ether oxygens (including phenoxy) is 3. The van der Waals surface area contributed by atoms with Gasteiger partial charge in [-0.1, -0.05) is 30.3 Å². The molecule has 34 heavy (non-hydrogen) atoms. The number of non-ortho nitro benzene ring substituents is 1. The third kappa shape index (κ3) is 4.99. The lowest BCUT2D eigenvalue weighted by molar-refractivity contribution is -0.384. The van der Waals surface area contributed by atoms with E-state index in [1.165, 1.54) is 30.3 Å². The summed E-state index contributed by atoms with van der Waals surface area (Å²) in [6.45, 7) is 2.06. The fourth-order valence-corrected chi connectivity index (χ4v) is 3.14. The number of rotatable bonds is 7. The van der Waals surface area contributed by atoms with Gasteiger partial charge >= 0.3 is 11.9 Å². The molecule has 170 valence electrons. The number of hydrogen-bond acceptors (Lipinski definition) is 8. The Bertz CT molecular complexity index is 1330. The maximum Gasteiger partial charge on any atom is 0.363 e. The molecule has 0 bridgehead atoms. The lowest BCUT2D eigenvalue weighted by Crippen LogP contribution is -2.10. The van der Waals surface area contributed by atoms with E-state index in [0.717, 1.165) is 6.07 Å². The van der Waals surface area contributed by atoms with Gasteiger partial charge in [0.1, 0.15) is 0 Å². The maximum atomic E-state index is 12.5. The van der Waals surface area contributed by atoms with Gasteiger partial charge in [-0.25, -0.2) is 14.6 Å². The van der Waals surface area contributed by atoms with Crippen LogP contribution >= 0.6 is 0 Å². The van der Waals surface area contributed by atoms with Gasteiger partial charge in [-0.3, -0.25) is 10.1 Å². The van der Waals surface area contributed by atoms with Crippen molar-refractivity contribution in [2.75, 3.05) is 6.61 Å². The summed E-state index contributed by atoms with van der Waals surface area (Å²) in [7, 11) is 0. The molecule has 0 amide bonds. The predicted octanol–water partition coefficient (Wildman–Crippen LogP) is 4.56. The zero-order chi connectivity index (χ0) is 24.1. The van der Waals surface area contributed by atoms with E-state index >= 15 is 0 Å². The lowest BCUT2D eigenvalue weighted by Gasteiger charge is -2.11. The van der Waals surface area contributed by atoms with Gasteiger partial charge in [0.25, 0.3) is 5.69 Å². The summed E-state index contributed by atoms with van der Waals surface area (Å²) in [5, 5.41) is 11.0. The van der Waals surface area contributed by atoms with Crippen LogP contribution in [0.25, 0.3) is 6.08 Å². The average Bonchev–Trinajstić information content (AvgIpc) is 3.21. The van der Waals surface area contributed by atoms with Crippen molar-refractivity contribution in [1.82, 2.24) is 0 Å². The first kappa shape index (κ1) is 22.4. The Hall–Kier alpha value is -4.79. The number of nitro benzene ring substituents is 1. The van der Waals surface area contributed by atoms with E-state index in [4.69, 9.17) is 14.2 Å². The van der Waals surface area contributed by atoms with E-state index in [1.807, 2.05) is 18.2 Å². The third-order valence-electron chi connectivity index (χ3n) is 4.71. The molecule has 3 aromatic carbocycles. The molecule has 0 saturated heterocycles. The van der Waals surface area contributed by atoms with Gasteiger partial charge in [0.2, 0.25) is 5.90 Å². The largest absolute Gasteiger partial charge is 0.490 e. The molecule has 0 spiro atoms. The minimum Gasteiger partial charge on any atom is -0.490 e. The van der Waals surface area contributed by atoms with Crippen molar-refractivity contribution in [1.29, 1.82) is 0 Å². The van der Waals surface area contributed by atoms with Crippen molar-refractivity contribution in [3.63, 3.8) is 0 Å². The fraction of sp³-hybridized carbons (Fsp3) is 0.0800. The molecule has 0 fully saturated rings. The van der Waals surface area contributed by atoms with Gasteiger partial charge < -0.3 is 14.2 Å². The molecule has 1 heterocycles. The number of nitrogens with zero attached hydrogens (tertiary/aromatic N) is 2. The van der Waals surface area contributed by atoms with Crippen molar-refractivity contribution >= 4 is 29.6 Å². The van der Waals surface area contributed by atoms with E-state index in [0.29, 0.717) is 17.7 Å². The van der Waals surface area contributed by atoms with Crippen molar-refractivity contribution in [2.24, 2.45) is 4.99 Å². The Morgan fingerprint density at radius 3 is 2.59 bits per heavy atom. The van der Waals surface area contributed by atoms with Crippen LogP contribution in [0.15, 0.2) is 83.5 Å². The zero-order valence-electron chi connectivity index (χ0n) is 18.0. The lowest BCUT2D eigenvalue weighted by atomic mass is 10.1. The molecule has 0 unspecified atom stereocenters. The van der Waals surface area contributed by atoms with E-state index in [9.17, 15) is 19.7 Å². The number of benzene rings is 3. The van der Waals surface area contributed by atoms with Gasteiger partial charge in [0.15, 0.2) is 17.2 Å². The molecule has 0 saturated carbocycles. The minimum atomic E-state index is -0.771. The van der Waals surface area contributed by atoms with Crippen LogP contribution in [0.2, 0.25) is 0 Å². The second-order valence-electron chi connectivity index (χ2n) is 7.04. The van der Waals surface area contributed by atoms with E-state index in [2.05, 4.69) is 4.99 Å². The fourth-order valence-electron chi connectivity index (χ4n) is 3.14. The zero-order valence-corrected chi connectivity index (χ0v) is 18.0. The third-order valence-corrected chi connectivity index (χ3v) is 4.71. The second-order valence-corrected chi connectivity index (χ2v) is 7.04. The van der Waals surface area contributed by atoms with Crippen LogP contribution in [0.5, 0.6) is 11.5 Å². The van der Waals surface area contributed by atoms with Crippen LogP contribution in [0, 0.1) is 10.1 Å². The van der Waals surface area contributed by atoms with Gasteiger partial charge in [0, 0.05) is 17.7 Å². The molecular formula is C25H18N2O7. The van der Waals surface area contributed by atoms with Crippen molar-refractivity contribution in [3.05, 3.63) is 105 Å². The highest BCUT2D eigenvalue weighted by Gasteiger charge is 2.24. The summed E-state index contributed by atoms with van der Waals surface area (Å²) in [5.74, 6) is -0.758. The summed E-state index contributed by atoms with van der Waals surface area (Å²) < 4.78 is 16.3. The number of aliphatic imine (C=N–C) groups is 1. The summed E-state index contributed by atoms with van der Waals surface area (Å²) in [6, 6.07) is 19.0. The molecule has 0 N–H and O–H groups in total. The van der Waals surface area contributed by atoms with Crippen molar-refractivity contribution < 1.29 is 28.7 Å². The molecule has 9 heteroatoms. The van der Waals surface area contributed by atoms with Crippen LogP contribution in [-0.2, 0) is 9.53 Å². The molecule has 0 atom stereocenters. The molecule has 4 rings (SSSR count). The summed E-state index contributed by atoms with van der Waals surface area (Å²) in [5.41, 5.74) is 1.17. The molecule has 1 aliphatic rings. The standard InChI is InChI=1S/C25H18N2O7/c1-2-32-22-14-16(13-20-25(29)34-23(26-20)17-7-4-3-5-8-17)11-12-21(22)33-24(28)18-9-6-10-19(15-18)27(30)31/h3-15H,2H2,1H3/b20-13+. The maximum absolute atomic E-state index is 12.5. The number of carbonyl (C=O) groups is 2. The van der Waals surface area contributed by atoms with Gasteiger partial charge in [0.05, 0.1) is 17.1 Å².